The summed E-state index contributed by atoms with van der Waals surface area (Å²) in [5.41, 5.74) is 0.809. The molecule has 0 heterocycles. The zero-order chi connectivity index (χ0) is 24.1. The Labute approximate surface area is 192 Å². The average molecular weight is 457 g/mol. The van der Waals surface area contributed by atoms with Crippen LogP contribution in [0, 0.1) is 0 Å². The summed E-state index contributed by atoms with van der Waals surface area (Å²) >= 11 is 0. The lowest BCUT2D eigenvalue weighted by atomic mass is 10.1. The predicted octanol–water partition coefficient (Wildman–Crippen LogP) is 2.81. The molecule has 0 aliphatic rings. The number of benzene rings is 2. The van der Waals surface area contributed by atoms with E-state index in [-0.39, 0.29) is 19.6 Å². The van der Waals surface area contributed by atoms with Gasteiger partial charge in [0.25, 0.3) is 6.10 Å². The highest BCUT2D eigenvalue weighted by molar-refractivity contribution is 6.03. The van der Waals surface area contributed by atoms with Gasteiger partial charge in [0.1, 0.15) is 12.4 Å². The molecule has 176 valence electrons. The second kappa shape index (κ2) is 13.5. The van der Waals surface area contributed by atoms with E-state index in [9.17, 15) is 19.2 Å². The van der Waals surface area contributed by atoms with Gasteiger partial charge in [0, 0.05) is 12.5 Å². The molecule has 9 nitrogen and oxygen atoms in total. The van der Waals surface area contributed by atoms with Gasteiger partial charge in [0.15, 0.2) is 12.4 Å². The van der Waals surface area contributed by atoms with Gasteiger partial charge in [0.2, 0.25) is 0 Å². The minimum absolute atomic E-state index is 0.000292. The van der Waals surface area contributed by atoms with Gasteiger partial charge in [-0.15, -0.1) is 0 Å². The van der Waals surface area contributed by atoms with Crippen LogP contribution in [0.1, 0.15) is 25.8 Å². The zero-order valence-electron chi connectivity index (χ0n) is 18.5. The molecule has 1 N–H and O–H groups in total. The molecular formula is C24H27NO8. The third kappa shape index (κ3) is 9.42. The third-order valence-electron chi connectivity index (χ3n) is 4.23. The SMILES string of the molecule is CCOC(=O)C(OC(=O)COc1ccccc1)C(=O)CC(C)NC(=O)OCc1ccccc1. The lowest BCUT2D eigenvalue weighted by Gasteiger charge is -2.18. The van der Waals surface area contributed by atoms with Gasteiger partial charge in [-0.2, -0.15) is 0 Å². The lowest BCUT2D eigenvalue weighted by molar-refractivity contribution is -0.172. The maximum Gasteiger partial charge on any atom is 0.407 e. The van der Waals surface area contributed by atoms with Crippen LogP contribution in [-0.4, -0.2) is 49.2 Å². The summed E-state index contributed by atoms with van der Waals surface area (Å²) in [7, 11) is 0. The van der Waals surface area contributed by atoms with Crippen LogP contribution in [0.4, 0.5) is 4.79 Å². The van der Waals surface area contributed by atoms with Crippen LogP contribution in [0.25, 0.3) is 0 Å². The Kier molecular flexibility index (Phi) is 10.4. The number of para-hydroxylation sites is 1. The fourth-order valence-electron chi connectivity index (χ4n) is 2.71. The van der Waals surface area contributed by atoms with Crippen LogP contribution in [0.5, 0.6) is 5.75 Å². The van der Waals surface area contributed by atoms with Gasteiger partial charge in [-0.05, 0) is 31.5 Å². The number of nitrogens with one attached hydrogen (secondary N) is 1. The number of hydrogen-bond acceptors (Lipinski definition) is 8. The molecule has 2 rings (SSSR count). The standard InChI is InChI=1S/C24H27NO8/c1-3-30-23(28)22(33-21(27)16-31-19-12-8-5-9-13-19)20(26)14-17(2)25-24(29)32-15-18-10-6-4-7-11-18/h4-13,17,22H,3,14-16H2,1-2H3,(H,25,29). The van der Waals surface area contributed by atoms with Crippen LogP contribution in [-0.2, 0) is 35.2 Å². The second-order valence-electron chi connectivity index (χ2n) is 7.00. The molecule has 0 fully saturated rings. The van der Waals surface area contributed by atoms with Crippen molar-refractivity contribution >= 4 is 23.8 Å². The molecule has 2 atom stereocenters. The smallest absolute Gasteiger partial charge is 0.407 e. The summed E-state index contributed by atoms with van der Waals surface area (Å²) in [6.07, 6.45) is -2.77. The van der Waals surface area contributed by atoms with Crippen LogP contribution >= 0.6 is 0 Å². The molecule has 0 saturated carbocycles. The van der Waals surface area contributed by atoms with Crippen molar-refractivity contribution in [2.75, 3.05) is 13.2 Å². The maximum absolute atomic E-state index is 12.6. The Morgan fingerprint density at radius 3 is 2.18 bits per heavy atom. The first-order valence-electron chi connectivity index (χ1n) is 10.4. The minimum atomic E-state index is -1.76. The number of hydrogen-bond donors (Lipinski definition) is 1. The largest absolute Gasteiger partial charge is 0.482 e. The van der Waals surface area contributed by atoms with E-state index in [1.165, 1.54) is 0 Å². The van der Waals surface area contributed by atoms with Gasteiger partial charge in [-0.1, -0.05) is 48.5 Å². The van der Waals surface area contributed by atoms with Gasteiger partial charge in [-0.25, -0.2) is 14.4 Å². The Bertz CT molecular complexity index is 917. The summed E-state index contributed by atoms with van der Waals surface area (Å²) < 4.78 is 20.3. The molecule has 0 aliphatic heterocycles. The van der Waals surface area contributed by atoms with Crippen molar-refractivity contribution in [3.05, 3.63) is 66.2 Å². The Morgan fingerprint density at radius 1 is 0.909 bits per heavy atom. The maximum atomic E-state index is 12.6. The number of carbonyl (C=O) groups excluding carboxylic acids is 4. The van der Waals surface area contributed by atoms with E-state index < -0.39 is 42.6 Å². The van der Waals surface area contributed by atoms with Crippen molar-refractivity contribution in [2.24, 2.45) is 0 Å². The molecule has 0 aromatic heterocycles. The van der Waals surface area contributed by atoms with E-state index in [4.69, 9.17) is 18.9 Å². The van der Waals surface area contributed by atoms with Crippen molar-refractivity contribution in [1.29, 1.82) is 0 Å². The molecule has 2 aromatic carbocycles. The van der Waals surface area contributed by atoms with E-state index >= 15 is 0 Å². The Balaban J connectivity index is 1.86. The number of ether oxygens (including phenoxy) is 4. The molecule has 2 aromatic rings. The van der Waals surface area contributed by atoms with Gasteiger partial charge < -0.3 is 24.3 Å². The summed E-state index contributed by atoms with van der Waals surface area (Å²) in [5.74, 6) is -2.19. The average Bonchev–Trinajstić information content (AvgIpc) is 2.81. The summed E-state index contributed by atoms with van der Waals surface area (Å²) in [6.45, 7) is 2.70. The summed E-state index contributed by atoms with van der Waals surface area (Å²) in [6, 6.07) is 16.9. The minimum Gasteiger partial charge on any atom is -0.482 e. The number of amides is 1. The molecular weight excluding hydrogens is 430 g/mol. The summed E-state index contributed by atoms with van der Waals surface area (Å²) in [5, 5.41) is 2.51. The predicted molar refractivity (Wildman–Crippen MR) is 117 cm³/mol. The van der Waals surface area contributed by atoms with Crippen molar-refractivity contribution in [2.45, 2.75) is 39.0 Å². The normalized spacial score (nSPS) is 12.1. The van der Waals surface area contributed by atoms with E-state index in [1.54, 1.807) is 56.3 Å². The first-order valence-corrected chi connectivity index (χ1v) is 10.4. The Morgan fingerprint density at radius 2 is 1.55 bits per heavy atom. The highest BCUT2D eigenvalue weighted by Gasteiger charge is 2.33. The molecule has 2 unspecified atom stereocenters. The third-order valence-corrected chi connectivity index (χ3v) is 4.23. The molecule has 9 heteroatoms. The lowest BCUT2D eigenvalue weighted by Crippen LogP contribution is -2.42. The monoisotopic (exact) mass is 457 g/mol. The van der Waals surface area contributed by atoms with Crippen molar-refractivity contribution in [3.63, 3.8) is 0 Å². The van der Waals surface area contributed by atoms with Crippen LogP contribution < -0.4 is 10.1 Å². The fraction of sp³-hybridized carbons (Fsp3) is 0.333. The molecule has 0 saturated heterocycles. The van der Waals surface area contributed by atoms with E-state index in [0.717, 1.165) is 5.56 Å². The fourth-order valence-corrected chi connectivity index (χ4v) is 2.71. The van der Waals surface area contributed by atoms with Crippen LogP contribution in [0.3, 0.4) is 0 Å². The number of carbonyl (C=O) groups is 4. The van der Waals surface area contributed by atoms with Crippen molar-refractivity contribution in [1.82, 2.24) is 5.32 Å². The number of ketones is 1. The number of rotatable bonds is 12. The number of Topliss-reactive ketones (excluding diaryl/α,β-unsaturated/α-hetero) is 1. The topological polar surface area (TPSA) is 117 Å². The Hall–Kier alpha value is -3.88. The number of esters is 2. The quantitative estimate of drug-likeness (QED) is 0.294. The second-order valence-corrected chi connectivity index (χ2v) is 7.00. The highest BCUT2D eigenvalue weighted by atomic mass is 16.6. The molecule has 33 heavy (non-hydrogen) atoms. The molecule has 0 aliphatic carbocycles. The summed E-state index contributed by atoms with van der Waals surface area (Å²) in [4.78, 5) is 48.9. The van der Waals surface area contributed by atoms with Crippen LogP contribution in [0.15, 0.2) is 60.7 Å². The first-order chi connectivity index (χ1) is 15.9. The van der Waals surface area contributed by atoms with Crippen LogP contribution in [0.2, 0.25) is 0 Å². The van der Waals surface area contributed by atoms with Crippen molar-refractivity contribution < 1.29 is 38.1 Å². The van der Waals surface area contributed by atoms with E-state index in [1.807, 2.05) is 18.2 Å². The van der Waals surface area contributed by atoms with E-state index in [0.29, 0.717) is 5.75 Å². The number of alkyl carbamates (subject to hydrolysis) is 1. The molecule has 1 amide bonds. The molecule has 0 spiro atoms. The highest BCUT2D eigenvalue weighted by Crippen LogP contribution is 2.10. The zero-order valence-corrected chi connectivity index (χ0v) is 18.5. The van der Waals surface area contributed by atoms with Gasteiger partial charge in [0.05, 0.1) is 6.61 Å². The molecule has 0 radical (unpaired) electrons. The van der Waals surface area contributed by atoms with Gasteiger partial charge >= 0.3 is 18.0 Å². The van der Waals surface area contributed by atoms with E-state index in [2.05, 4.69) is 5.32 Å². The van der Waals surface area contributed by atoms with Crippen molar-refractivity contribution in [3.8, 4) is 5.75 Å². The first kappa shape index (κ1) is 25.4. The van der Waals surface area contributed by atoms with Gasteiger partial charge in [-0.3, -0.25) is 4.79 Å². The molecule has 0 bridgehead atoms.